The van der Waals surface area contributed by atoms with Crippen LogP contribution in [0.2, 0.25) is 0 Å². The highest BCUT2D eigenvalue weighted by Gasteiger charge is 2.30. The molecule has 2 aromatic heterocycles. The van der Waals surface area contributed by atoms with Crippen molar-refractivity contribution in [2.24, 2.45) is 5.73 Å². The molecule has 24 heavy (non-hydrogen) atoms. The highest BCUT2D eigenvalue weighted by atomic mass is 35.5. The number of rotatable bonds is 5. The van der Waals surface area contributed by atoms with Gasteiger partial charge in [0, 0.05) is 31.2 Å². The van der Waals surface area contributed by atoms with E-state index in [0.717, 1.165) is 29.6 Å². The molecule has 2 aromatic rings. The van der Waals surface area contributed by atoms with Gasteiger partial charge >= 0.3 is 0 Å². The predicted octanol–water partition coefficient (Wildman–Crippen LogP) is 3.06. The molecular formula is C17H25ClN4O2. The number of aromatic nitrogens is 2. The van der Waals surface area contributed by atoms with Gasteiger partial charge in [0.05, 0.1) is 16.6 Å². The lowest BCUT2D eigenvalue weighted by Crippen LogP contribution is -2.39. The molecule has 2 heterocycles. The summed E-state index contributed by atoms with van der Waals surface area (Å²) in [5.74, 6) is 0.548. The zero-order valence-corrected chi connectivity index (χ0v) is 15.4. The van der Waals surface area contributed by atoms with Crippen molar-refractivity contribution in [2.45, 2.75) is 51.5 Å². The zero-order valence-electron chi connectivity index (χ0n) is 14.6. The quantitative estimate of drug-likeness (QED) is 0.893. The molecule has 0 aliphatic heterocycles. The molecule has 1 unspecified atom stereocenters. The normalized spacial score (nSPS) is 15.4. The maximum Gasteiger partial charge on any atom is 0.259 e. The molecule has 1 fully saturated rings. The van der Waals surface area contributed by atoms with Gasteiger partial charge in [-0.25, -0.2) is 4.98 Å². The minimum Gasteiger partial charge on any atom is -0.338 e. The smallest absolute Gasteiger partial charge is 0.259 e. The summed E-state index contributed by atoms with van der Waals surface area (Å²) in [4.78, 5) is 19.3. The first-order valence-corrected chi connectivity index (χ1v) is 8.21. The predicted molar refractivity (Wildman–Crippen MR) is 95.7 cm³/mol. The SMILES string of the molecule is CC(C)c1noc2nc(C3CC3)cc(C(=O)N(C)C(C)CN)c12.Cl. The first-order chi connectivity index (χ1) is 10.9. The second-order valence-electron chi connectivity index (χ2n) is 6.77. The Balaban J connectivity index is 0.00000208. The summed E-state index contributed by atoms with van der Waals surface area (Å²) >= 11 is 0. The van der Waals surface area contributed by atoms with E-state index in [1.54, 1.807) is 11.9 Å². The first kappa shape index (κ1) is 18.7. The number of pyridine rings is 1. The van der Waals surface area contributed by atoms with Gasteiger partial charge in [-0.2, -0.15) is 0 Å². The lowest BCUT2D eigenvalue weighted by Gasteiger charge is -2.24. The molecule has 1 aliphatic carbocycles. The van der Waals surface area contributed by atoms with E-state index in [-0.39, 0.29) is 30.3 Å². The lowest BCUT2D eigenvalue weighted by atomic mass is 10.0. The number of hydrogen-bond donors (Lipinski definition) is 1. The van der Waals surface area contributed by atoms with Gasteiger partial charge in [0.15, 0.2) is 0 Å². The summed E-state index contributed by atoms with van der Waals surface area (Å²) in [6, 6.07) is 1.89. The monoisotopic (exact) mass is 352 g/mol. The van der Waals surface area contributed by atoms with Gasteiger partial charge in [-0.3, -0.25) is 4.79 Å². The van der Waals surface area contributed by atoms with Crippen LogP contribution in [0.4, 0.5) is 0 Å². The van der Waals surface area contributed by atoms with Gasteiger partial charge in [0.2, 0.25) is 0 Å². The van der Waals surface area contributed by atoms with E-state index in [1.807, 2.05) is 26.8 Å². The Morgan fingerprint density at radius 2 is 2.08 bits per heavy atom. The first-order valence-electron chi connectivity index (χ1n) is 8.21. The van der Waals surface area contributed by atoms with Crippen LogP contribution in [-0.2, 0) is 0 Å². The fraction of sp³-hybridized carbons (Fsp3) is 0.588. The third-order valence-electron chi connectivity index (χ3n) is 4.59. The Morgan fingerprint density at radius 3 is 2.62 bits per heavy atom. The Labute approximate surface area is 148 Å². The molecule has 0 radical (unpaired) electrons. The third-order valence-corrected chi connectivity index (χ3v) is 4.59. The summed E-state index contributed by atoms with van der Waals surface area (Å²) in [5.41, 5.74) is 8.52. The lowest BCUT2D eigenvalue weighted by molar-refractivity contribution is 0.0750. The largest absolute Gasteiger partial charge is 0.338 e. The van der Waals surface area contributed by atoms with Crippen LogP contribution in [0.15, 0.2) is 10.6 Å². The average molecular weight is 353 g/mol. The molecule has 2 N–H and O–H groups in total. The van der Waals surface area contributed by atoms with E-state index in [1.165, 1.54) is 0 Å². The Kier molecular flexibility index (Phi) is 5.50. The van der Waals surface area contributed by atoms with E-state index >= 15 is 0 Å². The highest BCUT2D eigenvalue weighted by molar-refractivity contribution is 6.06. The van der Waals surface area contributed by atoms with Crippen molar-refractivity contribution in [1.82, 2.24) is 15.0 Å². The summed E-state index contributed by atoms with van der Waals surface area (Å²) in [6.07, 6.45) is 2.23. The molecule has 132 valence electrons. The van der Waals surface area contributed by atoms with Crippen molar-refractivity contribution in [3.05, 3.63) is 23.0 Å². The Morgan fingerprint density at radius 1 is 1.42 bits per heavy atom. The Hall–Kier alpha value is -1.66. The average Bonchev–Trinajstić information content (AvgIpc) is 3.30. The summed E-state index contributed by atoms with van der Waals surface area (Å²) < 4.78 is 5.43. The molecular weight excluding hydrogens is 328 g/mol. The molecule has 3 rings (SSSR count). The van der Waals surface area contributed by atoms with Crippen molar-refractivity contribution < 1.29 is 9.32 Å². The molecule has 1 aliphatic rings. The molecule has 7 heteroatoms. The minimum absolute atomic E-state index is 0. The number of hydrogen-bond acceptors (Lipinski definition) is 5. The summed E-state index contributed by atoms with van der Waals surface area (Å²) in [7, 11) is 1.78. The molecule has 1 amide bonds. The number of fused-ring (bicyclic) bond motifs is 1. The molecule has 0 saturated heterocycles. The number of nitrogens with two attached hydrogens (primary N) is 1. The molecule has 0 bridgehead atoms. The summed E-state index contributed by atoms with van der Waals surface area (Å²) in [5, 5.41) is 4.89. The van der Waals surface area contributed by atoms with Crippen LogP contribution in [-0.4, -0.2) is 40.6 Å². The minimum atomic E-state index is -0.0534. The van der Waals surface area contributed by atoms with Crippen molar-refractivity contribution in [3.63, 3.8) is 0 Å². The van der Waals surface area contributed by atoms with Crippen molar-refractivity contribution in [3.8, 4) is 0 Å². The van der Waals surface area contributed by atoms with Gasteiger partial charge in [-0.05, 0) is 31.7 Å². The standard InChI is InChI=1S/C17H24N4O2.ClH/c1-9(2)15-14-12(17(22)21(4)10(3)8-18)7-13(11-5-6-11)19-16(14)23-20-15;/h7,9-11H,5-6,8,18H2,1-4H3;1H. The Bertz CT molecular complexity index is 740. The number of carbonyl (C=O) groups excluding carboxylic acids is 1. The van der Waals surface area contributed by atoms with E-state index in [2.05, 4.69) is 10.1 Å². The van der Waals surface area contributed by atoms with Crippen molar-refractivity contribution >= 4 is 29.4 Å². The van der Waals surface area contributed by atoms with Crippen molar-refractivity contribution in [1.29, 1.82) is 0 Å². The van der Waals surface area contributed by atoms with E-state index in [0.29, 0.717) is 23.7 Å². The van der Waals surface area contributed by atoms with E-state index < -0.39 is 0 Å². The molecule has 1 atom stereocenters. The second-order valence-corrected chi connectivity index (χ2v) is 6.77. The van der Waals surface area contributed by atoms with Gasteiger partial charge in [0.25, 0.3) is 11.6 Å². The number of likely N-dealkylation sites (N-methyl/N-ethyl adjacent to an activating group) is 1. The van der Waals surface area contributed by atoms with E-state index in [9.17, 15) is 4.79 Å². The molecule has 6 nitrogen and oxygen atoms in total. The van der Waals surface area contributed by atoms with Crippen LogP contribution < -0.4 is 5.73 Å². The van der Waals surface area contributed by atoms with Crippen molar-refractivity contribution in [2.75, 3.05) is 13.6 Å². The number of nitrogens with zero attached hydrogens (tertiary/aromatic N) is 3. The van der Waals surface area contributed by atoms with Gasteiger partial charge in [0.1, 0.15) is 0 Å². The maximum absolute atomic E-state index is 13.0. The highest BCUT2D eigenvalue weighted by Crippen LogP contribution is 2.41. The van der Waals surface area contributed by atoms with Crippen LogP contribution in [0.5, 0.6) is 0 Å². The van der Waals surface area contributed by atoms with Crippen LogP contribution >= 0.6 is 12.4 Å². The summed E-state index contributed by atoms with van der Waals surface area (Å²) in [6.45, 7) is 6.43. The second kappa shape index (κ2) is 7.07. The zero-order chi connectivity index (χ0) is 16.7. The van der Waals surface area contributed by atoms with Crippen LogP contribution in [0.1, 0.15) is 67.2 Å². The van der Waals surface area contributed by atoms with Crippen LogP contribution in [0.25, 0.3) is 11.1 Å². The number of amides is 1. The fourth-order valence-electron chi connectivity index (χ4n) is 2.69. The van der Waals surface area contributed by atoms with Gasteiger partial charge in [-0.1, -0.05) is 19.0 Å². The molecule has 0 aromatic carbocycles. The number of halogens is 1. The molecule has 1 saturated carbocycles. The topological polar surface area (TPSA) is 85.2 Å². The van der Waals surface area contributed by atoms with Gasteiger partial charge < -0.3 is 15.2 Å². The number of carbonyl (C=O) groups is 1. The molecule has 0 spiro atoms. The van der Waals surface area contributed by atoms with Crippen LogP contribution in [0, 0.1) is 0 Å². The maximum atomic E-state index is 13.0. The van der Waals surface area contributed by atoms with E-state index in [4.69, 9.17) is 10.3 Å². The van der Waals surface area contributed by atoms with Gasteiger partial charge in [-0.15, -0.1) is 12.4 Å². The fourth-order valence-corrected chi connectivity index (χ4v) is 2.69. The van der Waals surface area contributed by atoms with Crippen LogP contribution in [0.3, 0.4) is 0 Å². The third kappa shape index (κ3) is 3.26.